The maximum absolute atomic E-state index is 14.8. The first kappa shape index (κ1) is 44.5. The highest BCUT2D eigenvalue weighted by Gasteiger charge is 2.52. The summed E-state index contributed by atoms with van der Waals surface area (Å²) in [5.74, 6) is -0.308. The largest absolute Gasteiger partial charge is 0.458 e. The van der Waals surface area contributed by atoms with Crippen molar-refractivity contribution in [3.63, 3.8) is 0 Å². The average molecular weight is 802 g/mol. The van der Waals surface area contributed by atoms with Gasteiger partial charge in [0.05, 0.1) is 36.9 Å². The van der Waals surface area contributed by atoms with Crippen LogP contribution in [0.2, 0.25) is 0 Å². The van der Waals surface area contributed by atoms with Gasteiger partial charge in [-0.25, -0.2) is 0 Å². The Morgan fingerprint density at radius 1 is 0.877 bits per heavy atom. The van der Waals surface area contributed by atoms with Gasteiger partial charge in [0.15, 0.2) is 18.4 Å². The molecule has 0 N–H and O–H groups in total. The Hall–Kier alpha value is -2.00. The number of likely N-dealkylation sites (N-methyl/N-ethyl adjacent to an activating group) is 1. The van der Waals surface area contributed by atoms with Crippen molar-refractivity contribution in [3.05, 3.63) is 36.0 Å². The summed E-state index contributed by atoms with van der Waals surface area (Å²) in [5.41, 5.74) is 0.735. The van der Waals surface area contributed by atoms with Gasteiger partial charge in [-0.1, -0.05) is 31.2 Å². The highest BCUT2D eigenvalue weighted by Crippen LogP contribution is 2.54. The zero-order chi connectivity index (χ0) is 41.0. The molecule has 0 aromatic rings. The third-order valence-corrected chi connectivity index (χ3v) is 13.8. The summed E-state index contributed by atoms with van der Waals surface area (Å²) >= 11 is 0. The van der Waals surface area contributed by atoms with Crippen molar-refractivity contribution in [1.29, 1.82) is 0 Å². The van der Waals surface area contributed by atoms with Crippen LogP contribution in [-0.2, 0) is 52.2 Å². The van der Waals surface area contributed by atoms with Crippen molar-refractivity contribution in [2.75, 3.05) is 42.0 Å². The zero-order valence-electron chi connectivity index (χ0n) is 36.1. The molecule has 57 heavy (non-hydrogen) atoms. The van der Waals surface area contributed by atoms with Crippen LogP contribution in [0.15, 0.2) is 36.0 Å². The fourth-order valence-corrected chi connectivity index (χ4v) is 10.8. The van der Waals surface area contributed by atoms with Crippen LogP contribution in [0.4, 0.5) is 0 Å². The smallest absolute Gasteiger partial charge is 0.307 e. The van der Waals surface area contributed by atoms with Crippen LogP contribution in [0.3, 0.4) is 0 Å². The minimum Gasteiger partial charge on any atom is -0.458 e. The quantitative estimate of drug-likeness (QED) is 0.169. The van der Waals surface area contributed by atoms with Crippen LogP contribution in [0, 0.1) is 35.5 Å². The van der Waals surface area contributed by atoms with E-state index in [9.17, 15) is 9.59 Å². The van der Waals surface area contributed by atoms with Crippen molar-refractivity contribution in [2.24, 2.45) is 35.5 Å². The number of ketones is 1. The molecule has 6 aliphatic rings. The van der Waals surface area contributed by atoms with Crippen LogP contribution in [0.5, 0.6) is 0 Å². The number of Topliss-reactive ketones (excluding diaryl/α,β-unsaturated/α-hetero) is 1. The lowest BCUT2D eigenvalue weighted by molar-refractivity contribution is -0.314. The standard InChI is InChI=1S/C45H71NO11/c1-11-52-25(2)15-17-30-13-12-14-38(57-40-20-19-37(46(6)7)27(4)53-40)26(3)41(48)36-23-34-32(35(36)24-39(47)55-30)18-16-29-21-31(22-33(29)34)56-45-44(51-10)43(50-9)42(49-8)28(5)54-45/h15-18,23,25-35,37-38,40,42-45H,11-14,19-22,24H2,1-10H3/t25?,26-,27-,28+,29?,30-,31-,32?,33?,34?,35?,37+,38+,40?,42+,43-,44-,45+/m1/s1. The second-order valence-corrected chi connectivity index (χ2v) is 17.6. The van der Waals surface area contributed by atoms with Gasteiger partial charge in [0.2, 0.25) is 0 Å². The van der Waals surface area contributed by atoms with Gasteiger partial charge < -0.3 is 47.5 Å². The highest BCUT2D eigenvalue weighted by atomic mass is 16.7. The van der Waals surface area contributed by atoms with E-state index in [-0.39, 0.29) is 96.8 Å². The summed E-state index contributed by atoms with van der Waals surface area (Å²) in [6.07, 6.45) is 13.0. The number of cyclic esters (lactones) is 1. The van der Waals surface area contributed by atoms with Crippen molar-refractivity contribution in [1.82, 2.24) is 4.90 Å². The summed E-state index contributed by atoms with van der Waals surface area (Å²) in [6.45, 7) is 10.6. The van der Waals surface area contributed by atoms with Crippen LogP contribution in [-0.4, -0.2) is 132 Å². The lowest BCUT2D eigenvalue weighted by Crippen LogP contribution is -2.59. The fourth-order valence-electron chi connectivity index (χ4n) is 10.8. The van der Waals surface area contributed by atoms with Crippen LogP contribution in [0.1, 0.15) is 86.0 Å². The Kier molecular flexibility index (Phi) is 15.7. The van der Waals surface area contributed by atoms with Crippen LogP contribution in [0.25, 0.3) is 0 Å². The first-order valence-corrected chi connectivity index (χ1v) is 21.7. The third kappa shape index (κ3) is 10.1. The number of carbonyl (C=O) groups excluding carboxylic acids is 2. The van der Waals surface area contributed by atoms with Gasteiger partial charge in [0.25, 0.3) is 0 Å². The molecule has 3 saturated heterocycles. The number of ether oxygens (including phenoxy) is 9. The lowest BCUT2D eigenvalue weighted by atomic mass is 9.70. The molecule has 0 amide bonds. The number of fused-ring (bicyclic) bond motifs is 5. The monoisotopic (exact) mass is 802 g/mol. The second kappa shape index (κ2) is 20.0. The molecule has 0 aromatic heterocycles. The van der Waals surface area contributed by atoms with E-state index in [1.165, 1.54) is 0 Å². The summed E-state index contributed by atoms with van der Waals surface area (Å²) in [6, 6.07) is 0.317. The van der Waals surface area contributed by atoms with E-state index in [2.05, 4.69) is 44.1 Å². The lowest BCUT2D eigenvalue weighted by Gasteiger charge is -2.44. The Morgan fingerprint density at radius 3 is 2.32 bits per heavy atom. The van der Waals surface area contributed by atoms with Gasteiger partial charge in [0.1, 0.15) is 24.4 Å². The SMILES string of the molecule is CCOC(C)C=C[C@H]1CCC[C@H](OC2CC[C@H](N(C)C)[C@@H](C)O2)[C@@H](C)C(=O)C2=CC3C(C=CC4C[C@@H](O[C@@H]5O[C@@H](C)[C@H](OC)[C@@H](OC)[C@H]5OC)CC43)C2CC(=O)O1. The van der Waals surface area contributed by atoms with E-state index in [1.807, 2.05) is 39.8 Å². The van der Waals surface area contributed by atoms with Crippen LogP contribution < -0.4 is 0 Å². The molecule has 0 spiro atoms. The van der Waals surface area contributed by atoms with E-state index < -0.39 is 24.4 Å². The number of nitrogens with zero attached hydrogens (tertiary/aromatic N) is 1. The molecule has 0 aromatic carbocycles. The molecule has 0 bridgehead atoms. The van der Waals surface area contributed by atoms with Crippen molar-refractivity contribution in [3.8, 4) is 0 Å². The number of hydrogen-bond donors (Lipinski definition) is 0. The van der Waals surface area contributed by atoms with Crippen molar-refractivity contribution >= 4 is 11.8 Å². The van der Waals surface area contributed by atoms with E-state index in [0.29, 0.717) is 25.5 Å². The number of carbonyl (C=O) groups is 2. The summed E-state index contributed by atoms with van der Waals surface area (Å²) < 4.78 is 55.6. The Bertz CT molecular complexity index is 1430. The van der Waals surface area contributed by atoms with E-state index in [0.717, 1.165) is 37.7 Å². The number of hydrogen-bond acceptors (Lipinski definition) is 12. The summed E-state index contributed by atoms with van der Waals surface area (Å²) in [5, 5.41) is 0. The maximum atomic E-state index is 14.8. The Morgan fingerprint density at radius 2 is 1.63 bits per heavy atom. The molecule has 3 aliphatic carbocycles. The Balaban J connectivity index is 1.23. The average Bonchev–Trinajstić information content (AvgIpc) is 3.76. The summed E-state index contributed by atoms with van der Waals surface area (Å²) in [4.78, 5) is 30.9. The molecule has 12 heteroatoms. The second-order valence-electron chi connectivity index (χ2n) is 17.6. The molecule has 7 unspecified atom stereocenters. The number of allylic oxidation sites excluding steroid dienone is 4. The predicted octanol–water partition coefficient (Wildman–Crippen LogP) is 6.06. The molecule has 18 atom stereocenters. The van der Waals surface area contributed by atoms with E-state index >= 15 is 0 Å². The van der Waals surface area contributed by atoms with E-state index in [4.69, 9.17) is 42.6 Å². The van der Waals surface area contributed by atoms with Gasteiger partial charge in [0, 0.05) is 45.8 Å². The van der Waals surface area contributed by atoms with E-state index in [1.54, 1.807) is 21.3 Å². The molecule has 3 aliphatic heterocycles. The zero-order valence-corrected chi connectivity index (χ0v) is 36.1. The third-order valence-electron chi connectivity index (χ3n) is 13.8. The minimum absolute atomic E-state index is 0.00137. The predicted molar refractivity (Wildman–Crippen MR) is 214 cm³/mol. The molecular formula is C45H71NO11. The fraction of sp³-hybridized carbons (Fsp3) is 0.822. The van der Waals surface area contributed by atoms with Gasteiger partial charge >= 0.3 is 5.97 Å². The van der Waals surface area contributed by atoms with Gasteiger partial charge in [-0.05, 0) is 122 Å². The number of esters is 1. The molecule has 322 valence electrons. The topological polar surface area (TPSA) is 120 Å². The molecule has 6 rings (SSSR count). The van der Waals surface area contributed by atoms with Gasteiger partial charge in [-0.3, -0.25) is 9.59 Å². The number of rotatable bonds is 12. The number of methoxy groups -OCH3 is 3. The minimum atomic E-state index is -0.610. The molecule has 0 radical (unpaired) electrons. The first-order chi connectivity index (χ1) is 27.4. The Labute approximate surface area is 341 Å². The molecule has 1 saturated carbocycles. The normalized spacial score (nSPS) is 43.5. The van der Waals surface area contributed by atoms with Crippen LogP contribution >= 0.6 is 0 Å². The maximum Gasteiger partial charge on any atom is 0.307 e. The molecule has 3 heterocycles. The van der Waals surface area contributed by atoms with Crippen molar-refractivity contribution < 1.29 is 52.2 Å². The van der Waals surface area contributed by atoms with Gasteiger partial charge in [-0.2, -0.15) is 0 Å². The highest BCUT2D eigenvalue weighted by molar-refractivity contribution is 5.99. The molecular weight excluding hydrogens is 730 g/mol. The van der Waals surface area contributed by atoms with Gasteiger partial charge in [-0.15, -0.1) is 0 Å². The van der Waals surface area contributed by atoms with Crippen molar-refractivity contribution in [2.45, 2.75) is 160 Å². The molecule has 12 nitrogen and oxygen atoms in total. The summed E-state index contributed by atoms with van der Waals surface area (Å²) in [7, 11) is 9.14. The molecule has 4 fully saturated rings. The first-order valence-electron chi connectivity index (χ1n) is 21.7.